The Balaban J connectivity index is 3.02. The van der Waals surface area contributed by atoms with Gasteiger partial charge in [-0.1, -0.05) is 13.0 Å². The van der Waals surface area contributed by atoms with E-state index < -0.39 is 0 Å². The molecule has 0 saturated heterocycles. The molecule has 0 saturated carbocycles. The van der Waals surface area contributed by atoms with Crippen LogP contribution in [0.2, 0.25) is 0 Å². The summed E-state index contributed by atoms with van der Waals surface area (Å²) in [5.41, 5.74) is 7.48. The fraction of sp³-hybridized carbons (Fsp3) is 0.444. The maximum atomic E-state index is 5.50. The summed E-state index contributed by atoms with van der Waals surface area (Å²) in [4.78, 5) is 4.28. The van der Waals surface area contributed by atoms with E-state index in [1.807, 2.05) is 12.1 Å². The van der Waals surface area contributed by atoms with Crippen molar-refractivity contribution in [2.45, 2.75) is 19.9 Å². The number of hydrogen-bond acceptors (Lipinski definition) is 3. The van der Waals surface area contributed by atoms with Gasteiger partial charge in [-0.15, -0.1) is 0 Å². The minimum atomic E-state index is 0.472. The van der Waals surface area contributed by atoms with Crippen LogP contribution in [0.5, 0.6) is 5.88 Å². The summed E-state index contributed by atoms with van der Waals surface area (Å²) in [5, 5.41) is 0. The van der Waals surface area contributed by atoms with Gasteiger partial charge in [0, 0.05) is 17.8 Å². The Morgan fingerprint density at radius 3 is 2.75 bits per heavy atom. The molecule has 2 N–H and O–H groups in total. The monoisotopic (exact) mass is 166 g/mol. The summed E-state index contributed by atoms with van der Waals surface area (Å²) in [5.74, 6) is 0.650. The molecule has 0 atom stereocenters. The van der Waals surface area contributed by atoms with Crippen molar-refractivity contribution in [3.8, 4) is 5.88 Å². The predicted molar refractivity (Wildman–Crippen MR) is 48.1 cm³/mol. The van der Waals surface area contributed by atoms with Gasteiger partial charge in [0.05, 0.1) is 7.11 Å². The summed E-state index contributed by atoms with van der Waals surface area (Å²) in [6, 6.07) is 3.94. The van der Waals surface area contributed by atoms with Crippen LogP contribution in [-0.2, 0) is 13.0 Å². The van der Waals surface area contributed by atoms with E-state index in [1.165, 1.54) is 0 Å². The number of nitrogens with two attached hydrogens (primary N) is 1. The van der Waals surface area contributed by atoms with E-state index in [0.29, 0.717) is 12.4 Å². The van der Waals surface area contributed by atoms with Gasteiger partial charge >= 0.3 is 0 Å². The van der Waals surface area contributed by atoms with Gasteiger partial charge in [0.25, 0.3) is 0 Å². The van der Waals surface area contributed by atoms with Crippen molar-refractivity contribution in [2.75, 3.05) is 7.11 Å². The first kappa shape index (κ1) is 9.00. The zero-order valence-corrected chi connectivity index (χ0v) is 7.50. The average molecular weight is 166 g/mol. The Morgan fingerprint density at radius 1 is 1.50 bits per heavy atom. The normalized spacial score (nSPS) is 9.92. The highest BCUT2D eigenvalue weighted by Crippen LogP contribution is 2.14. The van der Waals surface area contributed by atoms with Crippen LogP contribution in [0.25, 0.3) is 0 Å². The third kappa shape index (κ3) is 1.74. The Hall–Kier alpha value is -1.09. The Bertz CT molecular complexity index is 261. The first-order valence-electron chi connectivity index (χ1n) is 4.04. The predicted octanol–water partition coefficient (Wildman–Crippen LogP) is 1.11. The molecule has 1 aromatic rings. The number of pyridine rings is 1. The second kappa shape index (κ2) is 4.07. The molecule has 1 heterocycles. The minimum absolute atomic E-state index is 0.472. The van der Waals surface area contributed by atoms with Gasteiger partial charge in [0.2, 0.25) is 5.88 Å². The lowest BCUT2D eigenvalue weighted by Crippen LogP contribution is -2.02. The number of methoxy groups -OCH3 is 1. The zero-order chi connectivity index (χ0) is 8.97. The zero-order valence-electron chi connectivity index (χ0n) is 7.50. The van der Waals surface area contributed by atoms with Crippen LogP contribution < -0.4 is 10.5 Å². The molecule has 3 heteroatoms. The third-order valence-corrected chi connectivity index (χ3v) is 1.77. The first-order chi connectivity index (χ1) is 5.81. The second-order valence-electron chi connectivity index (χ2n) is 2.53. The SMILES string of the molecule is CCc1ccc(CN)c(OC)n1. The van der Waals surface area contributed by atoms with Crippen molar-refractivity contribution in [3.05, 3.63) is 23.4 Å². The topological polar surface area (TPSA) is 48.1 Å². The molecule has 66 valence electrons. The van der Waals surface area contributed by atoms with Gasteiger partial charge in [-0.05, 0) is 12.5 Å². The molecule has 0 fully saturated rings. The highest BCUT2D eigenvalue weighted by molar-refractivity contribution is 5.27. The quantitative estimate of drug-likeness (QED) is 0.731. The van der Waals surface area contributed by atoms with Crippen LogP contribution in [0.15, 0.2) is 12.1 Å². The summed E-state index contributed by atoms with van der Waals surface area (Å²) in [6.07, 6.45) is 0.918. The van der Waals surface area contributed by atoms with Crippen LogP contribution in [0.1, 0.15) is 18.2 Å². The highest BCUT2D eigenvalue weighted by atomic mass is 16.5. The van der Waals surface area contributed by atoms with Gasteiger partial charge in [-0.2, -0.15) is 0 Å². The number of rotatable bonds is 3. The molecule has 0 amide bonds. The second-order valence-corrected chi connectivity index (χ2v) is 2.53. The Morgan fingerprint density at radius 2 is 2.25 bits per heavy atom. The molecular formula is C9H14N2O. The smallest absolute Gasteiger partial charge is 0.217 e. The minimum Gasteiger partial charge on any atom is -0.481 e. The van der Waals surface area contributed by atoms with Crippen molar-refractivity contribution in [2.24, 2.45) is 5.73 Å². The molecule has 0 bridgehead atoms. The van der Waals surface area contributed by atoms with Crippen LogP contribution in [0.3, 0.4) is 0 Å². The first-order valence-corrected chi connectivity index (χ1v) is 4.04. The molecule has 0 aromatic carbocycles. The fourth-order valence-corrected chi connectivity index (χ4v) is 1.04. The molecule has 12 heavy (non-hydrogen) atoms. The van der Waals surface area contributed by atoms with E-state index in [9.17, 15) is 0 Å². The summed E-state index contributed by atoms with van der Waals surface area (Å²) < 4.78 is 5.09. The number of aryl methyl sites for hydroxylation is 1. The molecule has 0 radical (unpaired) electrons. The van der Waals surface area contributed by atoms with Crippen LogP contribution >= 0.6 is 0 Å². The Labute approximate surface area is 72.6 Å². The molecule has 0 aliphatic heterocycles. The third-order valence-electron chi connectivity index (χ3n) is 1.77. The summed E-state index contributed by atoms with van der Waals surface area (Å²) >= 11 is 0. The van der Waals surface area contributed by atoms with Crippen LogP contribution in [0.4, 0.5) is 0 Å². The molecule has 3 nitrogen and oxygen atoms in total. The fourth-order valence-electron chi connectivity index (χ4n) is 1.04. The van der Waals surface area contributed by atoms with E-state index in [1.54, 1.807) is 7.11 Å². The van der Waals surface area contributed by atoms with E-state index >= 15 is 0 Å². The number of nitrogens with zero attached hydrogens (tertiary/aromatic N) is 1. The molecular weight excluding hydrogens is 152 g/mol. The number of aromatic nitrogens is 1. The van der Waals surface area contributed by atoms with Crippen molar-refractivity contribution in [1.29, 1.82) is 0 Å². The van der Waals surface area contributed by atoms with E-state index in [0.717, 1.165) is 17.7 Å². The maximum absolute atomic E-state index is 5.50. The van der Waals surface area contributed by atoms with E-state index in [-0.39, 0.29) is 0 Å². The Kier molecular flexibility index (Phi) is 3.05. The maximum Gasteiger partial charge on any atom is 0.217 e. The lowest BCUT2D eigenvalue weighted by atomic mass is 10.2. The lowest BCUT2D eigenvalue weighted by Gasteiger charge is -2.06. The summed E-state index contributed by atoms with van der Waals surface area (Å²) in [6.45, 7) is 2.53. The average Bonchev–Trinajstić information content (AvgIpc) is 2.16. The van der Waals surface area contributed by atoms with E-state index in [4.69, 9.17) is 10.5 Å². The van der Waals surface area contributed by atoms with Gasteiger partial charge in [-0.25, -0.2) is 4.98 Å². The molecule has 0 aliphatic rings. The van der Waals surface area contributed by atoms with Crippen LogP contribution in [-0.4, -0.2) is 12.1 Å². The molecule has 0 unspecified atom stereocenters. The standard InChI is InChI=1S/C9H14N2O/c1-3-8-5-4-7(6-10)9(11-8)12-2/h4-5H,3,6,10H2,1-2H3. The van der Waals surface area contributed by atoms with E-state index in [2.05, 4.69) is 11.9 Å². The van der Waals surface area contributed by atoms with Crippen molar-refractivity contribution in [3.63, 3.8) is 0 Å². The van der Waals surface area contributed by atoms with Crippen molar-refractivity contribution < 1.29 is 4.74 Å². The van der Waals surface area contributed by atoms with Gasteiger partial charge in [0.1, 0.15) is 0 Å². The molecule has 0 aliphatic carbocycles. The van der Waals surface area contributed by atoms with Crippen LogP contribution in [0, 0.1) is 0 Å². The molecule has 1 rings (SSSR count). The largest absolute Gasteiger partial charge is 0.481 e. The van der Waals surface area contributed by atoms with Gasteiger partial charge < -0.3 is 10.5 Å². The van der Waals surface area contributed by atoms with Crippen molar-refractivity contribution >= 4 is 0 Å². The van der Waals surface area contributed by atoms with Gasteiger partial charge in [-0.3, -0.25) is 0 Å². The van der Waals surface area contributed by atoms with Crippen molar-refractivity contribution in [1.82, 2.24) is 4.98 Å². The highest BCUT2D eigenvalue weighted by Gasteiger charge is 2.02. The summed E-state index contributed by atoms with van der Waals surface area (Å²) in [7, 11) is 1.61. The van der Waals surface area contributed by atoms with Gasteiger partial charge in [0.15, 0.2) is 0 Å². The molecule has 1 aromatic heterocycles. The molecule has 0 spiro atoms. The number of ether oxygens (including phenoxy) is 1. The lowest BCUT2D eigenvalue weighted by molar-refractivity contribution is 0.391. The number of hydrogen-bond donors (Lipinski definition) is 1.